The average Bonchev–Trinajstić information content (AvgIpc) is 2.87. The van der Waals surface area contributed by atoms with Gasteiger partial charge in [0.15, 0.2) is 0 Å². The smallest absolute Gasteiger partial charge is 0.323 e. The Labute approximate surface area is 129 Å². The van der Waals surface area contributed by atoms with E-state index in [-0.39, 0.29) is 24.0 Å². The summed E-state index contributed by atoms with van der Waals surface area (Å²) < 4.78 is 10.1. The van der Waals surface area contributed by atoms with Gasteiger partial charge in [0.25, 0.3) is 5.91 Å². The number of ether oxygens (including phenoxy) is 2. The molecule has 1 aliphatic rings. The summed E-state index contributed by atoms with van der Waals surface area (Å²) in [6, 6.07) is 2.92. The summed E-state index contributed by atoms with van der Waals surface area (Å²) in [6.45, 7) is 2.87. The molecule has 2 rings (SSSR count). The van der Waals surface area contributed by atoms with Crippen molar-refractivity contribution in [2.75, 3.05) is 27.3 Å². The lowest BCUT2D eigenvalue weighted by Crippen LogP contribution is -2.36. The molecule has 0 aromatic carbocycles. The number of carbonyl (C=O) groups is 2. The van der Waals surface area contributed by atoms with Crippen molar-refractivity contribution in [3.8, 4) is 5.88 Å². The van der Waals surface area contributed by atoms with Crippen molar-refractivity contribution in [3.05, 3.63) is 23.9 Å². The number of amides is 1. The van der Waals surface area contributed by atoms with Crippen LogP contribution in [0.25, 0.3) is 0 Å². The molecule has 7 nitrogen and oxygen atoms in total. The summed E-state index contributed by atoms with van der Waals surface area (Å²) in [5, 5.41) is 2.92. The zero-order chi connectivity index (χ0) is 16.1. The minimum absolute atomic E-state index is 0.115. The Morgan fingerprint density at radius 1 is 1.50 bits per heavy atom. The van der Waals surface area contributed by atoms with Crippen LogP contribution >= 0.6 is 0 Å². The average molecular weight is 307 g/mol. The maximum Gasteiger partial charge on any atom is 0.323 e. The molecule has 0 radical (unpaired) electrons. The Morgan fingerprint density at radius 2 is 2.27 bits per heavy atom. The highest BCUT2D eigenvalue weighted by Crippen LogP contribution is 2.19. The highest BCUT2D eigenvalue weighted by Gasteiger charge is 2.36. The molecular formula is C15H21N3O4. The topological polar surface area (TPSA) is 80.8 Å². The van der Waals surface area contributed by atoms with Crippen molar-refractivity contribution in [2.45, 2.75) is 25.4 Å². The van der Waals surface area contributed by atoms with E-state index in [4.69, 9.17) is 9.47 Å². The van der Waals surface area contributed by atoms with E-state index in [9.17, 15) is 9.59 Å². The molecule has 1 aliphatic heterocycles. The zero-order valence-corrected chi connectivity index (χ0v) is 13.0. The molecule has 2 heterocycles. The zero-order valence-electron chi connectivity index (χ0n) is 13.0. The largest absolute Gasteiger partial charge is 0.477 e. The van der Waals surface area contributed by atoms with E-state index in [1.165, 1.54) is 7.11 Å². The minimum Gasteiger partial charge on any atom is -0.477 e. The first-order valence-electron chi connectivity index (χ1n) is 7.23. The number of rotatable bonds is 5. The molecule has 0 saturated carbocycles. The molecule has 0 unspecified atom stereocenters. The number of esters is 1. The fourth-order valence-electron chi connectivity index (χ4n) is 2.59. The molecule has 0 bridgehead atoms. The molecule has 1 aromatic rings. The predicted octanol–water partition coefficient (Wildman–Crippen LogP) is 0.456. The van der Waals surface area contributed by atoms with Crippen LogP contribution in [0, 0.1) is 0 Å². The molecule has 1 saturated heterocycles. The summed E-state index contributed by atoms with van der Waals surface area (Å²) in [6.07, 6.45) is 2.11. The normalized spacial score (nSPS) is 21.4. The van der Waals surface area contributed by atoms with Crippen LogP contribution in [0.2, 0.25) is 0 Å². The SMILES string of the molecule is CCOc1ncccc1C(=O)N[C@H]1C[C@@H](C(=O)OC)N(C)C1. The summed E-state index contributed by atoms with van der Waals surface area (Å²) >= 11 is 0. The first kappa shape index (κ1) is 16.2. The molecular weight excluding hydrogens is 286 g/mol. The lowest BCUT2D eigenvalue weighted by molar-refractivity contribution is -0.145. The standard InChI is InChI=1S/C15H21N3O4/c1-4-22-14-11(6-5-7-16-14)13(19)17-10-8-12(15(20)21-3)18(2)9-10/h5-7,10,12H,4,8-9H2,1-3H3,(H,17,19)/t10-,12-/m0/s1. The molecule has 1 aromatic heterocycles. The van der Waals surface area contributed by atoms with Crippen LogP contribution < -0.4 is 10.1 Å². The summed E-state index contributed by atoms with van der Waals surface area (Å²) in [5.41, 5.74) is 0.397. The number of likely N-dealkylation sites (tertiary alicyclic amines) is 1. The van der Waals surface area contributed by atoms with Crippen LogP contribution in [0.5, 0.6) is 5.88 Å². The minimum atomic E-state index is -0.324. The van der Waals surface area contributed by atoms with Crippen molar-refractivity contribution in [2.24, 2.45) is 0 Å². The van der Waals surface area contributed by atoms with E-state index in [1.54, 1.807) is 18.3 Å². The van der Waals surface area contributed by atoms with Crippen molar-refractivity contribution >= 4 is 11.9 Å². The summed E-state index contributed by atoms with van der Waals surface area (Å²) in [4.78, 5) is 30.0. The highest BCUT2D eigenvalue weighted by atomic mass is 16.5. The van der Waals surface area contributed by atoms with Crippen LogP contribution in [0.1, 0.15) is 23.7 Å². The molecule has 1 N–H and O–H groups in total. The molecule has 2 atom stereocenters. The van der Waals surface area contributed by atoms with Gasteiger partial charge in [0.05, 0.1) is 13.7 Å². The molecule has 1 fully saturated rings. The highest BCUT2D eigenvalue weighted by molar-refractivity contribution is 5.96. The van der Waals surface area contributed by atoms with Gasteiger partial charge in [0, 0.05) is 18.8 Å². The molecule has 1 amide bonds. The number of hydrogen-bond donors (Lipinski definition) is 1. The van der Waals surface area contributed by atoms with Crippen LogP contribution in [0.4, 0.5) is 0 Å². The number of aromatic nitrogens is 1. The Hall–Kier alpha value is -2.15. The van der Waals surface area contributed by atoms with Gasteiger partial charge >= 0.3 is 5.97 Å². The number of likely N-dealkylation sites (N-methyl/N-ethyl adjacent to an activating group) is 1. The number of carbonyl (C=O) groups excluding carboxylic acids is 2. The van der Waals surface area contributed by atoms with Crippen molar-refractivity contribution in [1.82, 2.24) is 15.2 Å². The molecule has 22 heavy (non-hydrogen) atoms. The Balaban J connectivity index is 2.03. The van der Waals surface area contributed by atoms with Gasteiger partial charge in [0.2, 0.25) is 5.88 Å². The number of methoxy groups -OCH3 is 1. The van der Waals surface area contributed by atoms with E-state index in [2.05, 4.69) is 10.3 Å². The van der Waals surface area contributed by atoms with Crippen molar-refractivity contribution in [3.63, 3.8) is 0 Å². The van der Waals surface area contributed by atoms with E-state index < -0.39 is 0 Å². The molecule has 0 spiro atoms. The number of nitrogens with one attached hydrogen (secondary N) is 1. The van der Waals surface area contributed by atoms with Gasteiger partial charge in [-0.2, -0.15) is 0 Å². The maximum absolute atomic E-state index is 12.4. The van der Waals surface area contributed by atoms with E-state index in [1.807, 2.05) is 18.9 Å². The van der Waals surface area contributed by atoms with Gasteiger partial charge in [-0.3, -0.25) is 14.5 Å². The second kappa shape index (κ2) is 7.22. The number of hydrogen-bond acceptors (Lipinski definition) is 6. The van der Waals surface area contributed by atoms with Gasteiger partial charge in [-0.1, -0.05) is 0 Å². The van der Waals surface area contributed by atoms with E-state index in [0.29, 0.717) is 31.0 Å². The maximum atomic E-state index is 12.4. The fourth-order valence-corrected chi connectivity index (χ4v) is 2.59. The monoisotopic (exact) mass is 307 g/mol. The lowest BCUT2D eigenvalue weighted by atomic mass is 10.1. The first-order chi connectivity index (χ1) is 10.6. The third-order valence-electron chi connectivity index (χ3n) is 3.65. The van der Waals surface area contributed by atoms with Gasteiger partial charge in [-0.25, -0.2) is 4.98 Å². The van der Waals surface area contributed by atoms with Crippen LogP contribution in [-0.4, -0.2) is 61.2 Å². The molecule has 120 valence electrons. The van der Waals surface area contributed by atoms with Crippen molar-refractivity contribution in [1.29, 1.82) is 0 Å². The second-order valence-electron chi connectivity index (χ2n) is 5.17. The predicted molar refractivity (Wildman–Crippen MR) is 79.7 cm³/mol. The van der Waals surface area contributed by atoms with Crippen LogP contribution in [0.15, 0.2) is 18.3 Å². The lowest BCUT2D eigenvalue weighted by Gasteiger charge is -2.15. The van der Waals surface area contributed by atoms with Crippen LogP contribution in [-0.2, 0) is 9.53 Å². The summed E-state index contributed by atoms with van der Waals surface area (Å²) in [7, 11) is 3.20. The Morgan fingerprint density at radius 3 is 2.95 bits per heavy atom. The van der Waals surface area contributed by atoms with Gasteiger partial charge in [0.1, 0.15) is 11.6 Å². The summed E-state index contributed by atoms with van der Waals surface area (Å²) in [5.74, 6) is -0.213. The van der Waals surface area contributed by atoms with Crippen LogP contribution in [0.3, 0.4) is 0 Å². The molecule has 7 heteroatoms. The van der Waals surface area contributed by atoms with Gasteiger partial charge in [-0.15, -0.1) is 0 Å². The Bertz CT molecular complexity index is 549. The Kier molecular flexibility index (Phi) is 5.32. The van der Waals surface area contributed by atoms with Crippen molar-refractivity contribution < 1.29 is 19.1 Å². The quantitative estimate of drug-likeness (QED) is 0.796. The number of pyridine rings is 1. The van der Waals surface area contributed by atoms with E-state index in [0.717, 1.165) is 0 Å². The van der Waals surface area contributed by atoms with E-state index >= 15 is 0 Å². The third kappa shape index (κ3) is 3.54. The second-order valence-corrected chi connectivity index (χ2v) is 5.17. The molecule has 0 aliphatic carbocycles. The van der Waals surface area contributed by atoms with Gasteiger partial charge in [-0.05, 0) is 32.5 Å². The van der Waals surface area contributed by atoms with Gasteiger partial charge < -0.3 is 14.8 Å². The third-order valence-corrected chi connectivity index (χ3v) is 3.65. The number of nitrogens with zero attached hydrogens (tertiary/aromatic N) is 2. The fraction of sp³-hybridized carbons (Fsp3) is 0.533. The first-order valence-corrected chi connectivity index (χ1v) is 7.23.